The Labute approximate surface area is 110 Å². The fraction of sp³-hybridized carbons (Fsp3) is 0.385. The first kappa shape index (κ1) is 13.4. The van der Waals surface area contributed by atoms with E-state index in [2.05, 4.69) is 4.98 Å². The van der Waals surface area contributed by atoms with Gasteiger partial charge in [0.25, 0.3) is 0 Å². The van der Waals surface area contributed by atoms with E-state index >= 15 is 0 Å². The van der Waals surface area contributed by atoms with Gasteiger partial charge in [0.2, 0.25) is 0 Å². The minimum Gasteiger partial charge on any atom is -0.476 e. The Morgan fingerprint density at radius 3 is 2.79 bits per heavy atom. The van der Waals surface area contributed by atoms with Crippen molar-refractivity contribution in [3.8, 4) is 0 Å². The van der Waals surface area contributed by atoms with Gasteiger partial charge in [0, 0.05) is 25.5 Å². The molecule has 0 bridgehead atoms. The molecule has 19 heavy (non-hydrogen) atoms. The highest BCUT2D eigenvalue weighted by Crippen LogP contribution is 2.20. The molecule has 0 fully saturated rings. The molecule has 0 aliphatic heterocycles. The van der Waals surface area contributed by atoms with Gasteiger partial charge < -0.3 is 19.5 Å². The summed E-state index contributed by atoms with van der Waals surface area (Å²) in [5.74, 6) is -1.03. The number of anilines is 1. The van der Waals surface area contributed by atoms with Crippen LogP contribution in [-0.4, -0.2) is 45.3 Å². The summed E-state index contributed by atoms with van der Waals surface area (Å²) in [5.41, 5.74) is 2.52. The zero-order valence-electron chi connectivity index (χ0n) is 11.0. The van der Waals surface area contributed by atoms with Crippen LogP contribution in [0.2, 0.25) is 0 Å². The number of hydrogen-bond acceptors (Lipinski definition) is 4. The van der Waals surface area contributed by atoms with E-state index in [9.17, 15) is 4.79 Å². The van der Waals surface area contributed by atoms with E-state index in [-0.39, 0.29) is 12.3 Å². The zero-order chi connectivity index (χ0) is 14.0. The number of likely N-dealkylation sites (N-methyl/N-ethyl adjacent to an activating group) is 1. The number of carboxylic acid groups (broad SMARTS) is 1. The molecule has 6 nitrogen and oxygen atoms in total. The quantitative estimate of drug-likeness (QED) is 0.846. The average molecular weight is 263 g/mol. The Hall–Kier alpha value is -2.08. The molecule has 2 aromatic heterocycles. The SMILES string of the molecule is CCN(CCO)c1cc(C)c2nc(C(=O)O)cn2c1. The number of fused-ring (bicyclic) bond motifs is 1. The zero-order valence-corrected chi connectivity index (χ0v) is 11.0. The summed E-state index contributed by atoms with van der Waals surface area (Å²) in [4.78, 5) is 17.0. The Morgan fingerprint density at radius 1 is 1.47 bits per heavy atom. The fourth-order valence-corrected chi connectivity index (χ4v) is 2.12. The smallest absolute Gasteiger partial charge is 0.356 e. The van der Waals surface area contributed by atoms with Crippen molar-refractivity contribution >= 4 is 17.3 Å². The third-order valence-electron chi connectivity index (χ3n) is 3.06. The number of aryl methyl sites for hydroxylation is 1. The molecule has 2 aromatic rings. The minimum atomic E-state index is -1.03. The minimum absolute atomic E-state index is 0.0328. The number of aromatic nitrogens is 2. The first-order valence-corrected chi connectivity index (χ1v) is 6.15. The van der Waals surface area contributed by atoms with Gasteiger partial charge in [-0.05, 0) is 25.5 Å². The molecular weight excluding hydrogens is 246 g/mol. The number of pyridine rings is 1. The second kappa shape index (κ2) is 5.27. The van der Waals surface area contributed by atoms with Crippen LogP contribution in [0.15, 0.2) is 18.5 Å². The van der Waals surface area contributed by atoms with Crippen LogP contribution in [0.3, 0.4) is 0 Å². The van der Waals surface area contributed by atoms with Crippen LogP contribution in [0.5, 0.6) is 0 Å². The molecule has 0 saturated carbocycles. The monoisotopic (exact) mass is 263 g/mol. The maximum atomic E-state index is 10.9. The number of rotatable bonds is 5. The molecule has 0 aliphatic carbocycles. The summed E-state index contributed by atoms with van der Waals surface area (Å²) < 4.78 is 1.72. The highest BCUT2D eigenvalue weighted by molar-refractivity contribution is 5.86. The predicted molar refractivity (Wildman–Crippen MR) is 71.9 cm³/mol. The molecule has 102 valence electrons. The van der Waals surface area contributed by atoms with Crippen LogP contribution in [-0.2, 0) is 0 Å². The topological polar surface area (TPSA) is 78.1 Å². The van der Waals surface area contributed by atoms with E-state index in [0.717, 1.165) is 17.8 Å². The van der Waals surface area contributed by atoms with Gasteiger partial charge in [-0.25, -0.2) is 9.78 Å². The molecule has 0 atom stereocenters. The van der Waals surface area contributed by atoms with Crippen LogP contribution in [0.1, 0.15) is 23.0 Å². The van der Waals surface area contributed by atoms with E-state index in [1.807, 2.05) is 31.0 Å². The number of aromatic carboxylic acids is 1. The second-order valence-corrected chi connectivity index (χ2v) is 4.35. The highest BCUT2D eigenvalue weighted by atomic mass is 16.4. The van der Waals surface area contributed by atoms with Gasteiger partial charge in [-0.1, -0.05) is 0 Å². The van der Waals surface area contributed by atoms with Gasteiger partial charge in [0.05, 0.1) is 12.3 Å². The van der Waals surface area contributed by atoms with E-state index < -0.39 is 5.97 Å². The molecular formula is C13H17N3O3. The van der Waals surface area contributed by atoms with E-state index in [0.29, 0.717) is 12.2 Å². The number of carbonyl (C=O) groups is 1. The van der Waals surface area contributed by atoms with Crippen LogP contribution in [0, 0.1) is 6.92 Å². The summed E-state index contributed by atoms with van der Waals surface area (Å²) in [6.07, 6.45) is 3.34. The standard InChI is InChI=1S/C13H17N3O3/c1-3-15(4-5-17)10-6-9(2)12-14-11(13(18)19)8-16(12)7-10/h6-8,17H,3-5H2,1-2H3,(H,18,19). The predicted octanol–water partition coefficient (Wildman–Crippen LogP) is 1.16. The van der Waals surface area contributed by atoms with Gasteiger partial charge in [-0.15, -0.1) is 0 Å². The van der Waals surface area contributed by atoms with Crippen molar-refractivity contribution in [2.24, 2.45) is 0 Å². The summed E-state index contributed by atoms with van der Waals surface area (Å²) in [6, 6.07) is 1.95. The number of carboxylic acids is 1. The van der Waals surface area contributed by atoms with Crippen LogP contribution >= 0.6 is 0 Å². The van der Waals surface area contributed by atoms with Crippen molar-refractivity contribution in [3.63, 3.8) is 0 Å². The van der Waals surface area contributed by atoms with E-state index in [1.54, 1.807) is 4.40 Å². The third-order valence-corrected chi connectivity index (χ3v) is 3.06. The van der Waals surface area contributed by atoms with E-state index in [4.69, 9.17) is 10.2 Å². The van der Waals surface area contributed by atoms with Crippen LogP contribution in [0.4, 0.5) is 5.69 Å². The lowest BCUT2D eigenvalue weighted by atomic mass is 10.2. The number of hydrogen-bond donors (Lipinski definition) is 2. The van der Waals surface area contributed by atoms with Crippen molar-refractivity contribution < 1.29 is 15.0 Å². The molecule has 0 saturated heterocycles. The van der Waals surface area contributed by atoms with Gasteiger partial charge in [0.15, 0.2) is 5.69 Å². The first-order valence-electron chi connectivity index (χ1n) is 6.15. The van der Waals surface area contributed by atoms with Gasteiger partial charge in [0.1, 0.15) is 5.65 Å². The maximum absolute atomic E-state index is 10.9. The van der Waals surface area contributed by atoms with Crippen molar-refractivity contribution in [2.45, 2.75) is 13.8 Å². The first-order chi connectivity index (χ1) is 9.06. The lowest BCUT2D eigenvalue weighted by Gasteiger charge is -2.22. The second-order valence-electron chi connectivity index (χ2n) is 4.35. The maximum Gasteiger partial charge on any atom is 0.356 e. The molecule has 0 unspecified atom stereocenters. The molecule has 0 aliphatic rings. The van der Waals surface area contributed by atoms with Gasteiger partial charge in [-0.2, -0.15) is 0 Å². The third kappa shape index (κ3) is 2.53. The Morgan fingerprint density at radius 2 is 2.21 bits per heavy atom. The molecule has 2 rings (SSSR count). The molecule has 6 heteroatoms. The van der Waals surface area contributed by atoms with Gasteiger partial charge >= 0.3 is 5.97 Å². The molecule has 2 heterocycles. The van der Waals surface area contributed by atoms with Crippen molar-refractivity contribution in [2.75, 3.05) is 24.6 Å². The van der Waals surface area contributed by atoms with Crippen molar-refractivity contribution in [3.05, 3.63) is 29.7 Å². The number of imidazole rings is 1. The highest BCUT2D eigenvalue weighted by Gasteiger charge is 2.12. The summed E-state index contributed by atoms with van der Waals surface area (Å²) in [6.45, 7) is 5.29. The van der Waals surface area contributed by atoms with Crippen molar-refractivity contribution in [1.29, 1.82) is 0 Å². The van der Waals surface area contributed by atoms with E-state index in [1.165, 1.54) is 6.20 Å². The Kier molecular flexibility index (Phi) is 3.71. The molecule has 0 amide bonds. The van der Waals surface area contributed by atoms with Crippen molar-refractivity contribution in [1.82, 2.24) is 9.38 Å². The molecule has 2 N–H and O–H groups in total. The molecule has 0 radical (unpaired) electrons. The Bertz CT molecular complexity index is 606. The van der Waals surface area contributed by atoms with Crippen LogP contribution < -0.4 is 4.90 Å². The normalized spacial score (nSPS) is 10.9. The fourth-order valence-electron chi connectivity index (χ4n) is 2.12. The number of nitrogens with zero attached hydrogens (tertiary/aromatic N) is 3. The summed E-state index contributed by atoms with van der Waals surface area (Å²) in [5, 5.41) is 18.0. The summed E-state index contributed by atoms with van der Waals surface area (Å²) >= 11 is 0. The molecule has 0 aromatic carbocycles. The van der Waals surface area contributed by atoms with Crippen LogP contribution in [0.25, 0.3) is 5.65 Å². The average Bonchev–Trinajstić information content (AvgIpc) is 2.80. The number of aliphatic hydroxyl groups is 1. The lowest BCUT2D eigenvalue weighted by Crippen LogP contribution is -2.26. The Balaban J connectivity index is 2.51. The lowest BCUT2D eigenvalue weighted by molar-refractivity contribution is 0.0691. The summed E-state index contributed by atoms with van der Waals surface area (Å²) in [7, 11) is 0. The number of aliphatic hydroxyl groups excluding tert-OH is 1. The molecule has 0 spiro atoms. The van der Waals surface area contributed by atoms with Gasteiger partial charge in [-0.3, -0.25) is 0 Å². The largest absolute Gasteiger partial charge is 0.476 e.